The monoisotopic (exact) mass is 500 g/mol. The summed E-state index contributed by atoms with van der Waals surface area (Å²) in [6.45, 7) is 4.74. The van der Waals surface area contributed by atoms with Gasteiger partial charge in [0.1, 0.15) is 0 Å². The number of rotatable bonds is 4. The highest BCUT2D eigenvalue weighted by molar-refractivity contribution is 6.52. The molecule has 6 aromatic rings. The van der Waals surface area contributed by atoms with E-state index in [2.05, 4.69) is 107 Å². The topological polar surface area (TPSA) is 9.86 Å². The lowest BCUT2D eigenvalue weighted by Crippen LogP contribution is -2.12. The first-order valence-corrected chi connectivity index (χ1v) is 17.8. The number of benzene rings is 4. The molecule has 0 N–H and O–H groups in total. The van der Waals surface area contributed by atoms with Gasteiger partial charge in [-0.05, 0) is 61.6 Å². The molecular formula is C32H32N2Si2. The molecule has 0 radical (unpaired) electrons. The largest absolute Gasteiger partial charge is 0.311 e. The number of para-hydroxylation sites is 1. The molecule has 36 heavy (non-hydrogen) atoms. The fraction of sp³-hybridized carbons (Fsp3) is 0.188. The van der Waals surface area contributed by atoms with Crippen molar-refractivity contribution < 1.29 is 0 Å². The van der Waals surface area contributed by atoms with Crippen LogP contribution in [0, 0.1) is 0 Å². The summed E-state index contributed by atoms with van der Waals surface area (Å²) in [7, 11) is -0.323. The van der Waals surface area contributed by atoms with E-state index in [9.17, 15) is 0 Å². The molecule has 4 heteroatoms. The minimum atomic E-state index is -0.166. The van der Waals surface area contributed by atoms with Crippen molar-refractivity contribution in [2.75, 3.05) is 0 Å². The zero-order chi connectivity index (χ0) is 24.2. The minimum absolute atomic E-state index is 0.156. The summed E-state index contributed by atoms with van der Waals surface area (Å²) < 4.78 is 5.15. The lowest BCUT2D eigenvalue weighted by atomic mass is 9.95. The van der Waals surface area contributed by atoms with Crippen molar-refractivity contribution in [2.24, 2.45) is 0 Å². The Hall–Kier alpha value is -3.35. The molecule has 0 fully saturated rings. The van der Waals surface area contributed by atoms with Gasteiger partial charge in [0.15, 0.2) is 0 Å². The Morgan fingerprint density at radius 2 is 1.14 bits per heavy atom. The van der Waals surface area contributed by atoms with Gasteiger partial charge in [-0.3, -0.25) is 0 Å². The summed E-state index contributed by atoms with van der Waals surface area (Å²) in [6, 6.07) is 32.6. The fourth-order valence-electron chi connectivity index (χ4n) is 6.39. The lowest BCUT2D eigenvalue weighted by molar-refractivity contribution is 0.667. The van der Waals surface area contributed by atoms with E-state index in [1.807, 2.05) is 0 Å². The van der Waals surface area contributed by atoms with Crippen molar-refractivity contribution >= 4 is 62.1 Å². The van der Waals surface area contributed by atoms with Gasteiger partial charge >= 0.3 is 0 Å². The van der Waals surface area contributed by atoms with Gasteiger partial charge in [0.05, 0.1) is 35.6 Å². The first-order valence-electron chi connectivity index (χ1n) is 13.6. The van der Waals surface area contributed by atoms with Gasteiger partial charge in [-0.1, -0.05) is 78.1 Å². The third-order valence-corrected chi connectivity index (χ3v) is 10.8. The van der Waals surface area contributed by atoms with Crippen LogP contribution in [0.25, 0.3) is 44.1 Å². The molecule has 0 saturated heterocycles. The van der Waals surface area contributed by atoms with Crippen LogP contribution in [0.15, 0.2) is 84.9 Å². The summed E-state index contributed by atoms with van der Waals surface area (Å²) >= 11 is 0. The molecular weight excluding hydrogens is 469 g/mol. The van der Waals surface area contributed by atoms with Crippen LogP contribution in [0.5, 0.6) is 0 Å². The van der Waals surface area contributed by atoms with E-state index >= 15 is 0 Å². The van der Waals surface area contributed by atoms with Crippen molar-refractivity contribution in [3.63, 3.8) is 0 Å². The van der Waals surface area contributed by atoms with E-state index in [1.165, 1.54) is 79.4 Å². The van der Waals surface area contributed by atoms with E-state index in [1.54, 1.807) is 5.56 Å². The second-order valence-electron chi connectivity index (χ2n) is 10.2. The van der Waals surface area contributed by atoms with E-state index in [0.29, 0.717) is 0 Å². The number of hydrogen-bond donors (Lipinski definition) is 0. The summed E-state index contributed by atoms with van der Waals surface area (Å²) in [5.74, 6) is 0. The minimum Gasteiger partial charge on any atom is -0.311 e. The van der Waals surface area contributed by atoms with Crippen LogP contribution in [-0.4, -0.2) is 28.2 Å². The SMILES string of the molecule is C[SiH2]c1ccc(-n2c3c(c4ccc5c6ccccc6n(-c6ccc([SiH2]C)cc6)c5c42)CCCC3)cc1. The molecule has 0 amide bonds. The van der Waals surface area contributed by atoms with Gasteiger partial charge < -0.3 is 9.13 Å². The average Bonchev–Trinajstić information content (AvgIpc) is 3.46. The standard InChI is InChI=1S/C32H32N2Si2/c1-35-23-15-11-21(12-16-23)33-29-9-5-3-7-25(29)27-19-20-28-26-8-4-6-10-30(26)34(32(28)31(27)33)22-13-17-24(36-2)18-14-22/h3,5,7,9,11-20H,4,6,8,10,35-36H2,1-2H3. The first-order chi connectivity index (χ1) is 17.8. The highest BCUT2D eigenvalue weighted by Gasteiger charge is 2.25. The van der Waals surface area contributed by atoms with Gasteiger partial charge in [0.2, 0.25) is 0 Å². The van der Waals surface area contributed by atoms with E-state index < -0.39 is 0 Å². The Balaban J connectivity index is 1.66. The van der Waals surface area contributed by atoms with Crippen LogP contribution in [0.1, 0.15) is 24.1 Å². The molecule has 0 spiro atoms. The molecule has 0 bridgehead atoms. The summed E-state index contributed by atoms with van der Waals surface area (Å²) in [5.41, 5.74) is 9.68. The summed E-state index contributed by atoms with van der Waals surface area (Å²) in [4.78, 5) is 0. The van der Waals surface area contributed by atoms with Crippen molar-refractivity contribution in [2.45, 2.75) is 38.8 Å². The second kappa shape index (κ2) is 8.65. The molecule has 1 aliphatic carbocycles. The number of nitrogens with zero attached hydrogens (tertiary/aromatic N) is 2. The maximum absolute atomic E-state index is 2.62. The number of aromatic nitrogens is 2. The van der Waals surface area contributed by atoms with E-state index in [-0.39, 0.29) is 19.0 Å². The van der Waals surface area contributed by atoms with Crippen molar-refractivity contribution in [1.82, 2.24) is 9.13 Å². The molecule has 2 aromatic heterocycles. The maximum atomic E-state index is 2.62. The van der Waals surface area contributed by atoms with Gasteiger partial charge in [0.25, 0.3) is 0 Å². The highest BCUT2D eigenvalue weighted by atomic mass is 28.2. The molecule has 7 rings (SSSR count). The quantitative estimate of drug-likeness (QED) is 0.291. The third kappa shape index (κ3) is 3.21. The molecule has 2 nitrogen and oxygen atoms in total. The highest BCUT2D eigenvalue weighted by Crippen LogP contribution is 2.42. The van der Waals surface area contributed by atoms with Crippen LogP contribution >= 0.6 is 0 Å². The lowest BCUT2D eigenvalue weighted by Gasteiger charge is -2.17. The molecule has 0 aliphatic heterocycles. The van der Waals surface area contributed by atoms with Gasteiger partial charge in [-0.2, -0.15) is 0 Å². The van der Waals surface area contributed by atoms with Crippen LogP contribution in [0.2, 0.25) is 13.1 Å². The number of fused-ring (bicyclic) bond motifs is 7. The molecule has 178 valence electrons. The maximum Gasteiger partial charge on any atom is 0.0788 e. The van der Waals surface area contributed by atoms with E-state index in [4.69, 9.17) is 0 Å². The predicted molar refractivity (Wildman–Crippen MR) is 162 cm³/mol. The van der Waals surface area contributed by atoms with Crippen molar-refractivity contribution in [3.8, 4) is 11.4 Å². The van der Waals surface area contributed by atoms with Gasteiger partial charge in [-0.25, -0.2) is 0 Å². The molecule has 0 unspecified atom stereocenters. The fourth-order valence-corrected chi connectivity index (χ4v) is 7.80. The normalized spacial score (nSPS) is 14.3. The number of hydrogen-bond acceptors (Lipinski definition) is 0. The Bertz CT molecular complexity index is 1740. The van der Waals surface area contributed by atoms with Crippen molar-refractivity contribution in [1.29, 1.82) is 0 Å². The van der Waals surface area contributed by atoms with Gasteiger partial charge in [0, 0.05) is 33.2 Å². The smallest absolute Gasteiger partial charge is 0.0788 e. The Morgan fingerprint density at radius 3 is 1.83 bits per heavy atom. The first kappa shape index (κ1) is 21.9. The third-order valence-electron chi connectivity index (χ3n) is 8.27. The Morgan fingerprint density at radius 1 is 0.556 bits per heavy atom. The molecule has 2 heterocycles. The van der Waals surface area contributed by atoms with Crippen LogP contribution in [-0.2, 0) is 12.8 Å². The van der Waals surface area contributed by atoms with Crippen molar-refractivity contribution in [3.05, 3.63) is 96.2 Å². The zero-order valence-electron chi connectivity index (χ0n) is 21.2. The van der Waals surface area contributed by atoms with Crippen LogP contribution in [0.4, 0.5) is 0 Å². The molecule has 0 saturated carbocycles. The molecule has 4 aromatic carbocycles. The zero-order valence-corrected chi connectivity index (χ0v) is 24.0. The summed E-state index contributed by atoms with van der Waals surface area (Å²) in [6.07, 6.45) is 4.90. The Labute approximate surface area is 217 Å². The molecule has 1 aliphatic rings. The summed E-state index contributed by atoms with van der Waals surface area (Å²) in [5, 5.41) is 7.17. The van der Waals surface area contributed by atoms with Gasteiger partial charge in [-0.15, -0.1) is 0 Å². The second-order valence-corrected chi connectivity index (χ2v) is 13.3. The van der Waals surface area contributed by atoms with Crippen LogP contribution < -0.4 is 10.4 Å². The van der Waals surface area contributed by atoms with Crippen LogP contribution in [0.3, 0.4) is 0 Å². The molecule has 0 atom stereocenters. The van der Waals surface area contributed by atoms with E-state index in [0.717, 1.165) is 6.42 Å². The number of aryl methyl sites for hydroxylation is 1. The average molecular weight is 501 g/mol. The predicted octanol–water partition coefficient (Wildman–Crippen LogP) is 5.29. The Kier molecular flexibility index (Phi) is 5.26.